The Kier molecular flexibility index (Phi) is 7.67. The van der Waals surface area contributed by atoms with Crippen molar-refractivity contribution in [1.82, 2.24) is 20.4 Å². The quantitative estimate of drug-likeness (QED) is 0.514. The highest BCUT2D eigenvalue weighted by molar-refractivity contribution is 6.35. The fourth-order valence-electron chi connectivity index (χ4n) is 4.57. The lowest BCUT2D eigenvalue weighted by atomic mass is 9.95. The van der Waals surface area contributed by atoms with Gasteiger partial charge >= 0.3 is 6.03 Å². The predicted molar refractivity (Wildman–Crippen MR) is 136 cm³/mol. The molecule has 0 spiro atoms. The zero-order valence-electron chi connectivity index (χ0n) is 19.7. The highest BCUT2D eigenvalue weighted by atomic mass is 35.5. The number of nitrogens with one attached hydrogen (secondary N) is 2. The van der Waals surface area contributed by atoms with E-state index in [1.807, 2.05) is 25.1 Å². The summed E-state index contributed by atoms with van der Waals surface area (Å²) in [5, 5.41) is 6.65. The molecule has 2 N–H and O–H groups in total. The van der Waals surface area contributed by atoms with Gasteiger partial charge in [0.05, 0.1) is 23.9 Å². The van der Waals surface area contributed by atoms with Crippen molar-refractivity contribution < 1.29 is 14.4 Å². The second-order valence-electron chi connectivity index (χ2n) is 8.64. The molecule has 7 nitrogen and oxygen atoms in total. The molecular weight excluding hydrogens is 487 g/mol. The Bertz CT molecular complexity index is 1170. The maximum atomic E-state index is 13.6. The van der Waals surface area contributed by atoms with E-state index in [0.717, 1.165) is 12.8 Å². The van der Waals surface area contributed by atoms with Crippen LogP contribution in [-0.4, -0.2) is 53.3 Å². The van der Waals surface area contributed by atoms with Crippen molar-refractivity contribution in [2.75, 3.05) is 19.6 Å². The summed E-state index contributed by atoms with van der Waals surface area (Å²) < 4.78 is 0. The third kappa shape index (κ3) is 5.16. The lowest BCUT2D eigenvalue weighted by Crippen LogP contribution is -2.47. The predicted octanol–water partition coefficient (Wildman–Crippen LogP) is 4.31. The van der Waals surface area contributed by atoms with Gasteiger partial charge in [0.25, 0.3) is 5.91 Å². The van der Waals surface area contributed by atoms with Crippen molar-refractivity contribution in [1.29, 1.82) is 0 Å². The molecule has 4 rings (SSSR count). The largest absolute Gasteiger partial charge is 0.354 e. The second-order valence-corrected chi connectivity index (χ2v) is 9.49. The standard InChI is InChI=1S/C26H28Cl2N4O3/c1-3-31-21-15-32(16(2)24(33)29-13-7-10-17-8-5-4-6-9-17)25(34)22(21)23(30-26(31)35)19-12-11-18(27)14-20(19)28/h4-6,8-9,11-12,14,16,23H,3,7,10,13,15H2,1-2H3,(H,29,33)(H,30,35)/t16-,23-/m1/s1. The van der Waals surface area contributed by atoms with E-state index in [2.05, 4.69) is 22.8 Å². The molecule has 2 aromatic carbocycles. The summed E-state index contributed by atoms with van der Waals surface area (Å²) in [5.74, 6) is -0.518. The van der Waals surface area contributed by atoms with Gasteiger partial charge in [-0.15, -0.1) is 0 Å². The summed E-state index contributed by atoms with van der Waals surface area (Å²) in [7, 11) is 0. The number of carbonyl (C=O) groups excluding carboxylic acids is 3. The molecule has 4 amide bonds. The average Bonchev–Trinajstić information content (AvgIpc) is 3.18. The van der Waals surface area contributed by atoms with E-state index in [1.165, 1.54) is 15.4 Å². The molecule has 2 aliphatic heterocycles. The number of aryl methyl sites for hydroxylation is 1. The van der Waals surface area contributed by atoms with Crippen LogP contribution in [0.1, 0.15) is 37.4 Å². The molecule has 0 aliphatic carbocycles. The number of halogens is 2. The minimum atomic E-state index is -0.719. The van der Waals surface area contributed by atoms with Crippen molar-refractivity contribution >= 4 is 41.0 Å². The molecule has 0 saturated carbocycles. The van der Waals surface area contributed by atoms with E-state index < -0.39 is 12.1 Å². The first-order chi connectivity index (χ1) is 16.8. The van der Waals surface area contributed by atoms with Gasteiger partial charge in [-0.3, -0.25) is 14.5 Å². The Morgan fingerprint density at radius 3 is 2.60 bits per heavy atom. The summed E-state index contributed by atoms with van der Waals surface area (Å²) in [6.07, 6.45) is 1.65. The molecule has 2 atom stereocenters. The van der Waals surface area contributed by atoms with Gasteiger partial charge < -0.3 is 15.5 Å². The van der Waals surface area contributed by atoms with Crippen molar-refractivity contribution in [2.24, 2.45) is 0 Å². The molecule has 0 unspecified atom stereocenters. The van der Waals surface area contributed by atoms with Crippen molar-refractivity contribution in [3.05, 3.63) is 81.0 Å². The maximum absolute atomic E-state index is 13.6. The third-order valence-electron chi connectivity index (χ3n) is 6.47. The number of rotatable bonds is 8. The zero-order valence-corrected chi connectivity index (χ0v) is 21.2. The van der Waals surface area contributed by atoms with Crippen molar-refractivity contribution in [3.63, 3.8) is 0 Å². The molecule has 0 aromatic heterocycles. The lowest BCUT2D eigenvalue weighted by molar-refractivity contribution is -0.135. The first-order valence-corrected chi connectivity index (χ1v) is 12.5. The lowest BCUT2D eigenvalue weighted by Gasteiger charge is -2.33. The van der Waals surface area contributed by atoms with Gasteiger partial charge in [-0.1, -0.05) is 59.6 Å². The van der Waals surface area contributed by atoms with Crippen LogP contribution in [0, 0.1) is 0 Å². The van der Waals surface area contributed by atoms with Gasteiger partial charge in [0, 0.05) is 23.1 Å². The Morgan fingerprint density at radius 1 is 1.17 bits per heavy atom. The summed E-state index contributed by atoms with van der Waals surface area (Å²) in [6, 6.07) is 13.3. The van der Waals surface area contributed by atoms with Crippen LogP contribution in [0.2, 0.25) is 10.0 Å². The third-order valence-corrected chi connectivity index (χ3v) is 7.03. The van der Waals surface area contributed by atoms with Crippen LogP contribution >= 0.6 is 23.2 Å². The van der Waals surface area contributed by atoms with Crippen LogP contribution in [0.5, 0.6) is 0 Å². The highest BCUT2D eigenvalue weighted by Gasteiger charge is 2.46. The van der Waals surface area contributed by atoms with Gasteiger partial charge in [-0.25, -0.2) is 4.79 Å². The minimum absolute atomic E-state index is 0.176. The fourth-order valence-corrected chi connectivity index (χ4v) is 5.09. The monoisotopic (exact) mass is 514 g/mol. The van der Waals surface area contributed by atoms with Gasteiger partial charge in [-0.05, 0) is 49.9 Å². The first kappa shape index (κ1) is 25.1. The summed E-state index contributed by atoms with van der Waals surface area (Å²) >= 11 is 12.5. The van der Waals surface area contributed by atoms with E-state index in [0.29, 0.717) is 40.0 Å². The van der Waals surface area contributed by atoms with Gasteiger partial charge in [0.2, 0.25) is 5.91 Å². The van der Waals surface area contributed by atoms with Crippen molar-refractivity contribution in [3.8, 4) is 0 Å². The summed E-state index contributed by atoms with van der Waals surface area (Å²) in [6.45, 7) is 4.63. The van der Waals surface area contributed by atoms with Gasteiger partial charge in [0.15, 0.2) is 0 Å². The van der Waals surface area contributed by atoms with Crippen LogP contribution in [-0.2, 0) is 16.0 Å². The fraction of sp³-hybridized carbons (Fsp3) is 0.346. The van der Waals surface area contributed by atoms with Crippen LogP contribution in [0.15, 0.2) is 59.8 Å². The van der Waals surface area contributed by atoms with E-state index in [1.54, 1.807) is 25.1 Å². The van der Waals surface area contributed by atoms with E-state index in [-0.39, 0.29) is 24.4 Å². The molecule has 2 heterocycles. The van der Waals surface area contributed by atoms with Crippen LogP contribution in [0.4, 0.5) is 4.79 Å². The normalized spacial score (nSPS) is 18.5. The molecule has 35 heavy (non-hydrogen) atoms. The van der Waals surface area contributed by atoms with E-state index >= 15 is 0 Å². The number of likely N-dealkylation sites (N-methyl/N-ethyl adjacent to an activating group) is 1. The Hall–Kier alpha value is -3.03. The Labute approximate surface area is 215 Å². The number of nitrogens with zero attached hydrogens (tertiary/aromatic N) is 2. The highest BCUT2D eigenvalue weighted by Crippen LogP contribution is 2.39. The summed E-state index contributed by atoms with van der Waals surface area (Å²) in [5.41, 5.74) is 2.83. The average molecular weight is 515 g/mol. The van der Waals surface area contributed by atoms with Gasteiger partial charge in [0.1, 0.15) is 6.04 Å². The molecule has 0 bridgehead atoms. The number of carbonyl (C=O) groups is 3. The topological polar surface area (TPSA) is 81.8 Å². The number of urea groups is 1. The molecule has 9 heteroatoms. The smallest absolute Gasteiger partial charge is 0.322 e. The van der Waals surface area contributed by atoms with E-state index in [9.17, 15) is 14.4 Å². The number of hydrogen-bond acceptors (Lipinski definition) is 3. The van der Waals surface area contributed by atoms with Crippen LogP contribution in [0.3, 0.4) is 0 Å². The van der Waals surface area contributed by atoms with Crippen LogP contribution < -0.4 is 10.6 Å². The SMILES string of the molecule is CCN1C(=O)N[C@H](c2ccc(Cl)cc2Cl)C2=C1CN([C@H](C)C(=O)NCCCc1ccccc1)C2=O. The number of amides is 4. The molecule has 0 fully saturated rings. The molecule has 0 saturated heterocycles. The second kappa shape index (κ2) is 10.7. The number of hydrogen-bond donors (Lipinski definition) is 2. The zero-order chi connectivity index (χ0) is 25.1. The molecule has 184 valence electrons. The Morgan fingerprint density at radius 2 is 1.91 bits per heavy atom. The molecule has 2 aromatic rings. The maximum Gasteiger partial charge on any atom is 0.322 e. The number of benzene rings is 2. The van der Waals surface area contributed by atoms with E-state index in [4.69, 9.17) is 23.2 Å². The van der Waals surface area contributed by atoms with Gasteiger partial charge in [-0.2, -0.15) is 0 Å². The minimum Gasteiger partial charge on any atom is -0.354 e. The Balaban J connectivity index is 1.48. The first-order valence-electron chi connectivity index (χ1n) is 11.7. The molecule has 0 radical (unpaired) electrons. The molecule has 2 aliphatic rings. The van der Waals surface area contributed by atoms with Crippen LogP contribution in [0.25, 0.3) is 0 Å². The molecular formula is C26H28Cl2N4O3. The van der Waals surface area contributed by atoms with Crippen molar-refractivity contribution in [2.45, 2.75) is 38.8 Å². The summed E-state index contributed by atoms with van der Waals surface area (Å²) in [4.78, 5) is 42.4.